The van der Waals surface area contributed by atoms with Gasteiger partial charge in [0.15, 0.2) is 0 Å². The highest BCUT2D eigenvalue weighted by Gasteiger charge is 2.53. The van der Waals surface area contributed by atoms with Crippen LogP contribution in [0.25, 0.3) is 0 Å². The zero-order valence-electron chi connectivity index (χ0n) is 12.7. The number of allylic oxidation sites excluding steroid dienone is 1. The third-order valence-electron chi connectivity index (χ3n) is 4.65. The number of thiophene rings is 1. The van der Waals surface area contributed by atoms with Gasteiger partial charge in [-0.05, 0) is 52.2 Å². The fourth-order valence-corrected chi connectivity index (χ4v) is 3.74. The Hall–Kier alpha value is -0.355. The zero-order valence-corrected chi connectivity index (χ0v) is 14.2. The van der Waals surface area contributed by atoms with Crippen molar-refractivity contribution in [1.29, 1.82) is 0 Å². The van der Waals surface area contributed by atoms with Crippen molar-refractivity contribution in [3.05, 3.63) is 33.1 Å². The number of rotatable bonds is 3. The van der Waals surface area contributed by atoms with Crippen LogP contribution in [-0.2, 0) is 9.31 Å². The van der Waals surface area contributed by atoms with Crippen molar-refractivity contribution in [2.75, 3.05) is 0 Å². The molecule has 0 N–H and O–H groups in total. The molecule has 0 bridgehead atoms. The van der Waals surface area contributed by atoms with E-state index >= 15 is 0 Å². The van der Waals surface area contributed by atoms with Crippen molar-refractivity contribution >= 4 is 30.1 Å². The lowest BCUT2D eigenvalue weighted by Gasteiger charge is -2.32. The predicted molar refractivity (Wildman–Crippen MR) is 85.5 cm³/mol. The molecule has 2 fully saturated rings. The van der Waals surface area contributed by atoms with Crippen LogP contribution in [0.5, 0.6) is 0 Å². The summed E-state index contributed by atoms with van der Waals surface area (Å²) in [4.78, 5) is 1.22. The molecule has 0 spiro atoms. The van der Waals surface area contributed by atoms with Crippen molar-refractivity contribution in [2.24, 2.45) is 5.92 Å². The van der Waals surface area contributed by atoms with Gasteiger partial charge in [0, 0.05) is 10.8 Å². The van der Waals surface area contributed by atoms with E-state index in [2.05, 4.69) is 0 Å². The summed E-state index contributed by atoms with van der Waals surface area (Å²) in [5, 5.41) is 0. The first kappa shape index (κ1) is 15.5. The molecule has 1 saturated carbocycles. The Labute approximate surface area is 134 Å². The van der Waals surface area contributed by atoms with Gasteiger partial charge in [0.1, 0.15) is 5.73 Å². The van der Waals surface area contributed by atoms with Crippen LogP contribution in [0.4, 0.5) is 4.39 Å². The molecule has 1 aliphatic heterocycles. The molecule has 0 amide bonds. The van der Waals surface area contributed by atoms with Crippen molar-refractivity contribution < 1.29 is 13.7 Å². The minimum Gasteiger partial charge on any atom is -0.398 e. The average molecular weight is 329 g/mol. The fourth-order valence-electron chi connectivity index (χ4n) is 2.49. The van der Waals surface area contributed by atoms with E-state index < -0.39 is 18.3 Å². The Morgan fingerprint density at radius 1 is 1.33 bits per heavy atom. The molecule has 2 atom stereocenters. The molecule has 2 heterocycles. The molecule has 1 saturated heterocycles. The van der Waals surface area contributed by atoms with Crippen molar-refractivity contribution in [3.63, 3.8) is 0 Å². The second kappa shape index (κ2) is 5.09. The Morgan fingerprint density at radius 2 is 1.95 bits per heavy atom. The Morgan fingerprint density at radius 3 is 2.48 bits per heavy atom. The van der Waals surface area contributed by atoms with Gasteiger partial charge in [-0.15, -0.1) is 11.3 Å². The number of hydrogen-bond acceptors (Lipinski definition) is 3. The maximum atomic E-state index is 14.4. The molecule has 0 radical (unpaired) electrons. The van der Waals surface area contributed by atoms with E-state index in [4.69, 9.17) is 20.9 Å². The molecule has 114 valence electrons. The van der Waals surface area contributed by atoms with Crippen LogP contribution in [0.3, 0.4) is 0 Å². The van der Waals surface area contributed by atoms with Crippen LogP contribution in [0.15, 0.2) is 23.9 Å². The summed E-state index contributed by atoms with van der Waals surface area (Å²) in [6.45, 7) is 7.70. The average Bonchev–Trinajstić information content (AvgIpc) is 2.91. The lowest BCUT2D eigenvalue weighted by atomic mass is 9.87. The molecule has 1 aromatic rings. The second-order valence-corrected chi connectivity index (χ2v) is 8.53. The zero-order chi connectivity index (χ0) is 15.4. The van der Waals surface area contributed by atoms with Crippen LogP contribution in [0.1, 0.15) is 44.9 Å². The first-order valence-corrected chi connectivity index (χ1v) is 8.37. The van der Waals surface area contributed by atoms with Gasteiger partial charge in [0.2, 0.25) is 0 Å². The van der Waals surface area contributed by atoms with Crippen molar-refractivity contribution in [1.82, 2.24) is 0 Å². The molecular weight excluding hydrogens is 309 g/mol. The minimum absolute atomic E-state index is 0.221. The third kappa shape index (κ3) is 2.94. The second-order valence-electron chi connectivity index (χ2n) is 6.79. The molecular formula is C15H19BClFO2S. The largest absolute Gasteiger partial charge is 0.524 e. The smallest absolute Gasteiger partial charge is 0.398 e. The molecule has 6 heteroatoms. The summed E-state index contributed by atoms with van der Waals surface area (Å²) >= 11 is 7.51. The summed E-state index contributed by atoms with van der Waals surface area (Å²) < 4.78 is 26.6. The van der Waals surface area contributed by atoms with Gasteiger partial charge >= 0.3 is 7.12 Å². The number of hydrogen-bond donors (Lipinski definition) is 0. The molecule has 1 aromatic heterocycles. The first-order chi connectivity index (χ1) is 9.69. The highest BCUT2D eigenvalue weighted by atomic mass is 35.5. The molecule has 0 aromatic carbocycles. The number of halogens is 2. The van der Waals surface area contributed by atoms with Gasteiger partial charge < -0.3 is 9.31 Å². The van der Waals surface area contributed by atoms with E-state index in [-0.39, 0.29) is 11.6 Å². The Balaban J connectivity index is 1.66. The maximum Gasteiger partial charge on any atom is 0.524 e. The van der Waals surface area contributed by atoms with Crippen molar-refractivity contribution in [3.8, 4) is 0 Å². The Bertz CT molecular complexity index is 568. The van der Waals surface area contributed by atoms with Gasteiger partial charge in [0.25, 0.3) is 0 Å². The van der Waals surface area contributed by atoms with E-state index in [1.165, 1.54) is 4.88 Å². The highest BCUT2D eigenvalue weighted by Crippen LogP contribution is 2.52. The highest BCUT2D eigenvalue weighted by molar-refractivity contribution is 7.16. The van der Waals surface area contributed by atoms with Crippen LogP contribution in [0.2, 0.25) is 4.34 Å². The molecule has 2 nitrogen and oxygen atoms in total. The van der Waals surface area contributed by atoms with Crippen LogP contribution in [0, 0.1) is 5.92 Å². The van der Waals surface area contributed by atoms with Crippen LogP contribution < -0.4 is 0 Å². The molecule has 2 unspecified atom stereocenters. The first-order valence-electron chi connectivity index (χ1n) is 7.18. The van der Waals surface area contributed by atoms with E-state index in [0.717, 1.165) is 10.8 Å². The summed E-state index contributed by atoms with van der Waals surface area (Å²) in [5.41, 5.74) is -1.33. The fraction of sp³-hybridized carbons (Fsp3) is 0.600. The monoisotopic (exact) mass is 328 g/mol. The van der Waals surface area contributed by atoms with Gasteiger partial charge in [-0.25, -0.2) is 4.39 Å². The van der Waals surface area contributed by atoms with Crippen LogP contribution >= 0.6 is 22.9 Å². The standard InChI is InChI=1S/C15H19BClFO2S/c1-14(2)15(3,4)20-16(19-14)12(18)8-9-7-10(9)11-5-6-13(17)21-11/h5-6,8-10H,7H2,1-4H3. The SMILES string of the molecule is CC1(C)OB(C(F)=CC2CC2c2ccc(Cl)s2)OC1(C)C. The normalized spacial score (nSPS) is 30.8. The minimum atomic E-state index is -0.886. The van der Waals surface area contributed by atoms with E-state index in [1.807, 2.05) is 39.8 Å². The van der Waals surface area contributed by atoms with E-state index in [1.54, 1.807) is 17.4 Å². The Kier molecular flexibility index (Phi) is 3.76. The third-order valence-corrected chi connectivity index (χ3v) is 6.01. The van der Waals surface area contributed by atoms with Crippen LogP contribution in [-0.4, -0.2) is 18.3 Å². The summed E-state index contributed by atoms with van der Waals surface area (Å²) in [6, 6.07) is 3.92. The quantitative estimate of drug-likeness (QED) is 0.728. The van der Waals surface area contributed by atoms with Gasteiger partial charge in [0.05, 0.1) is 15.5 Å². The predicted octanol–water partition coefficient (Wildman–Crippen LogP) is 4.99. The summed E-state index contributed by atoms with van der Waals surface area (Å²) in [5.74, 6) is 0.606. The lowest BCUT2D eigenvalue weighted by Crippen LogP contribution is -2.41. The maximum absolute atomic E-state index is 14.4. The molecule has 3 rings (SSSR count). The van der Waals surface area contributed by atoms with Crippen molar-refractivity contribution in [2.45, 2.75) is 51.2 Å². The summed E-state index contributed by atoms with van der Waals surface area (Å²) in [6.07, 6.45) is 2.62. The topological polar surface area (TPSA) is 18.5 Å². The van der Waals surface area contributed by atoms with E-state index in [0.29, 0.717) is 5.92 Å². The molecule has 1 aliphatic carbocycles. The summed E-state index contributed by atoms with van der Waals surface area (Å²) in [7, 11) is -0.886. The van der Waals surface area contributed by atoms with Gasteiger partial charge in [-0.3, -0.25) is 0 Å². The molecule has 2 aliphatic rings. The molecule has 21 heavy (non-hydrogen) atoms. The van der Waals surface area contributed by atoms with E-state index in [9.17, 15) is 4.39 Å². The van der Waals surface area contributed by atoms with Gasteiger partial charge in [-0.2, -0.15) is 0 Å². The van der Waals surface area contributed by atoms with Gasteiger partial charge in [-0.1, -0.05) is 17.7 Å². The lowest BCUT2D eigenvalue weighted by molar-refractivity contribution is 0.00578.